The Bertz CT molecular complexity index is 337. The molecule has 92 valence electrons. The first-order chi connectivity index (χ1) is 7.06. The third-order valence-electron chi connectivity index (χ3n) is 2.07. The van der Waals surface area contributed by atoms with Gasteiger partial charge >= 0.3 is 0 Å². The van der Waals surface area contributed by atoms with Crippen molar-refractivity contribution >= 4 is 12.4 Å². The Morgan fingerprint density at radius 2 is 2.06 bits per heavy atom. The predicted molar refractivity (Wildman–Crippen MR) is 59.5 cm³/mol. The average molecular weight is 254 g/mol. The molecule has 6 heteroatoms. The molecule has 0 aliphatic carbocycles. The summed E-state index contributed by atoms with van der Waals surface area (Å²) in [4.78, 5) is 0. The van der Waals surface area contributed by atoms with Crippen LogP contribution in [0.3, 0.4) is 0 Å². The summed E-state index contributed by atoms with van der Waals surface area (Å²) >= 11 is 0. The molecular weight excluding hydrogens is 240 g/mol. The summed E-state index contributed by atoms with van der Waals surface area (Å²) in [6.45, 7) is 0. The molecule has 0 bridgehead atoms. The summed E-state index contributed by atoms with van der Waals surface area (Å²) in [6, 6.07) is 3.59. The Labute approximate surface area is 98.6 Å². The van der Waals surface area contributed by atoms with E-state index < -0.39 is 18.9 Å². The fourth-order valence-electron chi connectivity index (χ4n) is 1.39. The van der Waals surface area contributed by atoms with Crippen molar-refractivity contribution < 1.29 is 18.6 Å². The van der Waals surface area contributed by atoms with Crippen molar-refractivity contribution in [3.63, 3.8) is 0 Å². The molecule has 1 rings (SSSR count). The highest BCUT2D eigenvalue weighted by Crippen LogP contribution is 2.34. The van der Waals surface area contributed by atoms with Gasteiger partial charge in [0, 0.05) is 12.5 Å². The van der Waals surface area contributed by atoms with Crippen LogP contribution in [0, 0.1) is 0 Å². The second-order valence-electron chi connectivity index (χ2n) is 3.13. The van der Waals surface area contributed by atoms with Crippen LogP contribution in [0.25, 0.3) is 0 Å². The minimum Gasteiger partial charge on any atom is -0.507 e. The number of halogens is 3. The van der Waals surface area contributed by atoms with Gasteiger partial charge < -0.3 is 15.6 Å². The van der Waals surface area contributed by atoms with Gasteiger partial charge in [-0.2, -0.15) is 0 Å². The molecule has 0 aromatic heterocycles. The first kappa shape index (κ1) is 14.9. The van der Waals surface area contributed by atoms with E-state index in [0.717, 1.165) is 0 Å². The van der Waals surface area contributed by atoms with E-state index in [1.165, 1.54) is 13.2 Å². The monoisotopic (exact) mass is 253 g/mol. The number of alkyl halides is 2. The van der Waals surface area contributed by atoms with E-state index in [9.17, 15) is 13.9 Å². The molecule has 0 unspecified atom stereocenters. The molecule has 0 spiro atoms. The van der Waals surface area contributed by atoms with E-state index in [1.807, 2.05) is 0 Å². The van der Waals surface area contributed by atoms with E-state index in [-0.39, 0.29) is 23.7 Å². The maximum Gasteiger partial charge on any atom is 0.240 e. The van der Waals surface area contributed by atoms with Crippen LogP contribution in [0.5, 0.6) is 11.5 Å². The summed E-state index contributed by atoms with van der Waals surface area (Å²) in [7, 11) is 1.40. The first-order valence-electron chi connectivity index (χ1n) is 4.45. The van der Waals surface area contributed by atoms with Crippen LogP contribution < -0.4 is 10.5 Å². The minimum atomic E-state index is -2.51. The first-order valence-corrected chi connectivity index (χ1v) is 4.45. The van der Waals surface area contributed by atoms with Crippen LogP contribution in [0.1, 0.15) is 18.0 Å². The number of aromatic hydroxyl groups is 1. The Morgan fingerprint density at radius 3 is 2.56 bits per heavy atom. The number of methoxy groups -OCH3 is 1. The smallest absolute Gasteiger partial charge is 0.240 e. The molecular formula is C10H14ClF2NO2. The van der Waals surface area contributed by atoms with Crippen molar-refractivity contribution in [2.24, 2.45) is 5.73 Å². The topological polar surface area (TPSA) is 55.5 Å². The standard InChI is InChI=1S/C10H13F2NO2.ClH/c1-15-8-4-2-3-7(14)10(8)6(13)5-9(11)12;/h2-4,6,9,14H,5,13H2,1H3;1H/t6-;/m1./s1. The van der Waals surface area contributed by atoms with Gasteiger partial charge in [-0.25, -0.2) is 8.78 Å². The molecule has 0 fully saturated rings. The number of phenolic OH excluding ortho intramolecular Hbond substituents is 1. The highest BCUT2D eigenvalue weighted by Gasteiger charge is 2.19. The van der Waals surface area contributed by atoms with Crippen LogP contribution >= 0.6 is 12.4 Å². The van der Waals surface area contributed by atoms with Gasteiger partial charge in [-0.05, 0) is 12.1 Å². The Kier molecular flexibility index (Phi) is 6.06. The van der Waals surface area contributed by atoms with Crippen molar-refractivity contribution in [3.05, 3.63) is 23.8 Å². The van der Waals surface area contributed by atoms with Crippen molar-refractivity contribution in [2.45, 2.75) is 18.9 Å². The van der Waals surface area contributed by atoms with Crippen LogP contribution in [0.15, 0.2) is 18.2 Å². The number of nitrogens with two attached hydrogens (primary N) is 1. The number of rotatable bonds is 4. The van der Waals surface area contributed by atoms with E-state index in [1.54, 1.807) is 12.1 Å². The van der Waals surface area contributed by atoms with Crippen molar-refractivity contribution in [3.8, 4) is 11.5 Å². The maximum absolute atomic E-state index is 12.1. The third kappa shape index (κ3) is 3.50. The lowest BCUT2D eigenvalue weighted by molar-refractivity contribution is 0.127. The molecule has 3 N–H and O–H groups in total. The maximum atomic E-state index is 12.1. The zero-order valence-electron chi connectivity index (χ0n) is 8.69. The molecule has 0 heterocycles. The van der Waals surface area contributed by atoms with Gasteiger partial charge in [-0.3, -0.25) is 0 Å². The predicted octanol–water partition coefficient (Wildman–Crippen LogP) is 2.48. The number of phenols is 1. The van der Waals surface area contributed by atoms with Crippen LogP contribution in [-0.2, 0) is 0 Å². The van der Waals surface area contributed by atoms with E-state index in [4.69, 9.17) is 10.5 Å². The van der Waals surface area contributed by atoms with Gasteiger partial charge in [0.05, 0.1) is 12.7 Å². The van der Waals surface area contributed by atoms with E-state index >= 15 is 0 Å². The second-order valence-corrected chi connectivity index (χ2v) is 3.13. The summed E-state index contributed by atoms with van der Waals surface area (Å²) in [6.07, 6.45) is -3.02. The highest BCUT2D eigenvalue weighted by molar-refractivity contribution is 5.85. The third-order valence-corrected chi connectivity index (χ3v) is 2.07. The van der Waals surface area contributed by atoms with Crippen LogP contribution in [0.4, 0.5) is 8.78 Å². The molecule has 16 heavy (non-hydrogen) atoms. The Morgan fingerprint density at radius 1 is 1.44 bits per heavy atom. The molecule has 1 aromatic rings. The van der Waals surface area contributed by atoms with E-state index in [2.05, 4.69) is 0 Å². The number of ether oxygens (including phenoxy) is 1. The zero-order chi connectivity index (χ0) is 11.4. The molecule has 0 radical (unpaired) electrons. The van der Waals surface area contributed by atoms with Crippen LogP contribution in [-0.4, -0.2) is 18.6 Å². The number of benzene rings is 1. The lowest BCUT2D eigenvalue weighted by atomic mass is 10.0. The van der Waals surface area contributed by atoms with Gasteiger partial charge in [-0.15, -0.1) is 12.4 Å². The molecule has 1 aromatic carbocycles. The lowest BCUT2D eigenvalue weighted by Gasteiger charge is -2.16. The molecule has 3 nitrogen and oxygen atoms in total. The Balaban J connectivity index is 0.00000225. The van der Waals surface area contributed by atoms with Crippen molar-refractivity contribution in [1.29, 1.82) is 0 Å². The minimum absolute atomic E-state index is 0. The largest absolute Gasteiger partial charge is 0.507 e. The molecule has 0 amide bonds. The molecule has 0 saturated heterocycles. The molecule has 0 aliphatic rings. The lowest BCUT2D eigenvalue weighted by Crippen LogP contribution is -2.15. The normalized spacial score (nSPS) is 12.1. The SMILES string of the molecule is COc1cccc(O)c1[C@H](N)CC(F)F.Cl. The van der Waals surface area contributed by atoms with Gasteiger partial charge in [0.2, 0.25) is 6.43 Å². The Hall–Kier alpha value is -1.07. The van der Waals surface area contributed by atoms with E-state index in [0.29, 0.717) is 5.75 Å². The zero-order valence-corrected chi connectivity index (χ0v) is 9.51. The molecule has 0 saturated carbocycles. The number of hydrogen-bond donors (Lipinski definition) is 2. The van der Waals surface area contributed by atoms with Gasteiger partial charge in [0.25, 0.3) is 0 Å². The average Bonchev–Trinajstić information content (AvgIpc) is 2.15. The van der Waals surface area contributed by atoms with Crippen LogP contribution in [0.2, 0.25) is 0 Å². The second kappa shape index (κ2) is 6.50. The van der Waals surface area contributed by atoms with Gasteiger partial charge in [0.1, 0.15) is 11.5 Å². The summed E-state index contributed by atoms with van der Waals surface area (Å²) in [5.41, 5.74) is 5.78. The summed E-state index contributed by atoms with van der Waals surface area (Å²) in [5.74, 6) is 0.200. The highest BCUT2D eigenvalue weighted by atomic mass is 35.5. The quantitative estimate of drug-likeness (QED) is 0.867. The fraction of sp³-hybridized carbons (Fsp3) is 0.400. The molecule has 1 atom stereocenters. The molecule has 0 aliphatic heterocycles. The van der Waals surface area contributed by atoms with Crippen molar-refractivity contribution in [2.75, 3.05) is 7.11 Å². The van der Waals surface area contributed by atoms with Gasteiger partial charge in [0.15, 0.2) is 0 Å². The summed E-state index contributed by atoms with van der Waals surface area (Å²) in [5, 5.41) is 9.50. The number of hydrogen-bond acceptors (Lipinski definition) is 3. The summed E-state index contributed by atoms with van der Waals surface area (Å²) < 4.78 is 29.2. The van der Waals surface area contributed by atoms with Gasteiger partial charge in [-0.1, -0.05) is 6.07 Å². The fourth-order valence-corrected chi connectivity index (χ4v) is 1.39. The van der Waals surface area contributed by atoms with Crippen molar-refractivity contribution in [1.82, 2.24) is 0 Å².